The molecule has 4 heterocycles. The van der Waals surface area contributed by atoms with Gasteiger partial charge in [-0.15, -0.1) is 10.2 Å². The fourth-order valence-electron chi connectivity index (χ4n) is 3.64. The SMILES string of the molecule is Cc1ccc2nnc(C3CCN(CC4(O)CCOC4)CC3)n2n1. The van der Waals surface area contributed by atoms with E-state index in [4.69, 9.17) is 4.74 Å². The smallest absolute Gasteiger partial charge is 0.177 e. The zero-order valence-electron chi connectivity index (χ0n) is 13.5. The molecule has 4 rings (SSSR count). The molecule has 0 aliphatic carbocycles. The highest BCUT2D eigenvalue weighted by Gasteiger charge is 2.35. The van der Waals surface area contributed by atoms with Crippen LogP contribution in [-0.4, -0.2) is 68.3 Å². The van der Waals surface area contributed by atoms with E-state index < -0.39 is 5.60 Å². The van der Waals surface area contributed by atoms with Crippen molar-refractivity contribution in [3.63, 3.8) is 0 Å². The Morgan fingerprint density at radius 1 is 1.30 bits per heavy atom. The molecule has 2 aromatic rings. The van der Waals surface area contributed by atoms with Crippen LogP contribution in [0.1, 0.15) is 36.7 Å². The van der Waals surface area contributed by atoms with Crippen molar-refractivity contribution in [2.45, 2.75) is 37.7 Å². The molecule has 0 saturated carbocycles. The summed E-state index contributed by atoms with van der Waals surface area (Å²) >= 11 is 0. The van der Waals surface area contributed by atoms with Gasteiger partial charge in [0.2, 0.25) is 0 Å². The summed E-state index contributed by atoms with van der Waals surface area (Å²) in [5.41, 5.74) is 1.12. The van der Waals surface area contributed by atoms with E-state index in [-0.39, 0.29) is 0 Å². The second-order valence-electron chi connectivity index (χ2n) is 6.88. The van der Waals surface area contributed by atoms with Crippen LogP contribution in [0.5, 0.6) is 0 Å². The summed E-state index contributed by atoms with van der Waals surface area (Å²) in [5, 5.41) is 23.6. The Morgan fingerprint density at radius 3 is 2.87 bits per heavy atom. The highest BCUT2D eigenvalue weighted by Crippen LogP contribution is 2.29. The highest BCUT2D eigenvalue weighted by atomic mass is 16.5. The van der Waals surface area contributed by atoms with Crippen LogP contribution < -0.4 is 0 Å². The maximum atomic E-state index is 10.5. The lowest BCUT2D eigenvalue weighted by molar-refractivity contribution is -0.00987. The topological polar surface area (TPSA) is 75.8 Å². The van der Waals surface area contributed by atoms with Gasteiger partial charge in [0.25, 0.3) is 0 Å². The maximum Gasteiger partial charge on any atom is 0.177 e. The first-order chi connectivity index (χ1) is 11.1. The van der Waals surface area contributed by atoms with Crippen LogP contribution in [0, 0.1) is 6.92 Å². The molecule has 0 radical (unpaired) electrons. The summed E-state index contributed by atoms with van der Waals surface area (Å²) in [5.74, 6) is 1.34. The Bertz CT molecular complexity index is 687. The van der Waals surface area contributed by atoms with Crippen molar-refractivity contribution in [2.75, 3.05) is 32.8 Å². The lowest BCUT2D eigenvalue weighted by Gasteiger charge is -2.35. The summed E-state index contributed by atoms with van der Waals surface area (Å²) in [7, 11) is 0. The molecule has 2 saturated heterocycles. The Morgan fingerprint density at radius 2 is 2.13 bits per heavy atom. The molecule has 23 heavy (non-hydrogen) atoms. The van der Waals surface area contributed by atoms with E-state index in [0.717, 1.165) is 49.5 Å². The quantitative estimate of drug-likeness (QED) is 0.901. The molecule has 2 aliphatic heterocycles. The largest absolute Gasteiger partial charge is 0.386 e. The molecule has 7 nitrogen and oxygen atoms in total. The van der Waals surface area contributed by atoms with E-state index in [9.17, 15) is 5.11 Å². The molecule has 2 aliphatic rings. The molecular formula is C16H23N5O2. The number of ether oxygens (including phenoxy) is 1. The number of aromatic nitrogens is 4. The van der Waals surface area contributed by atoms with Gasteiger partial charge in [-0.25, -0.2) is 0 Å². The number of aliphatic hydroxyl groups is 1. The van der Waals surface area contributed by atoms with E-state index >= 15 is 0 Å². The Kier molecular flexibility index (Phi) is 3.79. The first kappa shape index (κ1) is 15.0. The summed E-state index contributed by atoms with van der Waals surface area (Å²) in [6, 6.07) is 3.92. The van der Waals surface area contributed by atoms with Crippen LogP contribution >= 0.6 is 0 Å². The van der Waals surface area contributed by atoms with Crippen molar-refractivity contribution < 1.29 is 9.84 Å². The minimum atomic E-state index is -0.660. The van der Waals surface area contributed by atoms with Gasteiger partial charge in [0.05, 0.1) is 12.3 Å². The molecule has 7 heteroatoms. The number of nitrogens with zero attached hydrogens (tertiary/aromatic N) is 5. The lowest BCUT2D eigenvalue weighted by atomic mass is 9.94. The van der Waals surface area contributed by atoms with Crippen LogP contribution in [0.2, 0.25) is 0 Å². The second kappa shape index (κ2) is 5.81. The monoisotopic (exact) mass is 317 g/mol. The summed E-state index contributed by atoms with van der Waals surface area (Å²) in [6.45, 7) is 5.75. The zero-order valence-corrected chi connectivity index (χ0v) is 13.5. The Balaban J connectivity index is 1.43. The average molecular weight is 317 g/mol. The Labute approximate surface area is 135 Å². The third kappa shape index (κ3) is 2.96. The predicted molar refractivity (Wildman–Crippen MR) is 84.3 cm³/mol. The van der Waals surface area contributed by atoms with Crippen molar-refractivity contribution in [2.24, 2.45) is 0 Å². The van der Waals surface area contributed by atoms with E-state index in [1.54, 1.807) is 0 Å². The van der Waals surface area contributed by atoms with Crippen LogP contribution in [0.3, 0.4) is 0 Å². The second-order valence-corrected chi connectivity index (χ2v) is 6.88. The van der Waals surface area contributed by atoms with Crippen LogP contribution in [0.15, 0.2) is 12.1 Å². The molecule has 0 spiro atoms. The molecule has 1 N–H and O–H groups in total. The van der Waals surface area contributed by atoms with Crippen molar-refractivity contribution in [1.29, 1.82) is 0 Å². The molecule has 1 unspecified atom stereocenters. The zero-order chi connectivity index (χ0) is 15.9. The number of likely N-dealkylation sites (tertiary alicyclic amines) is 1. The minimum Gasteiger partial charge on any atom is -0.386 e. The number of aryl methyl sites for hydroxylation is 1. The number of hydrogen-bond donors (Lipinski definition) is 1. The Hall–Kier alpha value is -1.57. The van der Waals surface area contributed by atoms with Gasteiger partial charge in [-0.2, -0.15) is 9.61 Å². The van der Waals surface area contributed by atoms with Gasteiger partial charge in [-0.05, 0) is 45.0 Å². The number of piperidine rings is 1. The van der Waals surface area contributed by atoms with Crippen molar-refractivity contribution >= 4 is 5.65 Å². The summed E-state index contributed by atoms with van der Waals surface area (Å²) in [6.07, 6.45) is 2.78. The summed E-state index contributed by atoms with van der Waals surface area (Å²) in [4.78, 5) is 2.34. The molecule has 1 atom stereocenters. The standard InChI is InChI=1S/C16H23N5O2/c1-12-2-3-14-17-18-15(21(14)19-12)13-4-7-20(8-5-13)10-16(22)6-9-23-11-16/h2-3,13,22H,4-11H2,1H3. The van der Waals surface area contributed by atoms with Crippen LogP contribution in [-0.2, 0) is 4.74 Å². The average Bonchev–Trinajstić information content (AvgIpc) is 3.14. The van der Waals surface area contributed by atoms with Crippen molar-refractivity contribution in [3.05, 3.63) is 23.7 Å². The van der Waals surface area contributed by atoms with Crippen LogP contribution in [0.4, 0.5) is 0 Å². The molecule has 2 fully saturated rings. The predicted octanol–water partition coefficient (Wildman–Crippen LogP) is 0.764. The molecular weight excluding hydrogens is 294 g/mol. The minimum absolute atomic E-state index is 0.380. The third-order valence-corrected chi connectivity index (χ3v) is 4.97. The number of fused-ring (bicyclic) bond motifs is 1. The number of hydrogen-bond acceptors (Lipinski definition) is 6. The van der Waals surface area contributed by atoms with Crippen LogP contribution in [0.25, 0.3) is 5.65 Å². The first-order valence-corrected chi connectivity index (χ1v) is 8.34. The first-order valence-electron chi connectivity index (χ1n) is 8.34. The highest BCUT2D eigenvalue weighted by molar-refractivity contribution is 5.36. The van der Waals surface area contributed by atoms with E-state index in [1.165, 1.54) is 0 Å². The normalized spacial score (nSPS) is 27.0. The van der Waals surface area contributed by atoms with Gasteiger partial charge in [0.15, 0.2) is 11.5 Å². The van der Waals surface area contributed by atoms with Gasteiger partial charge in [0, 0.05) is 25.5 Å². The lowest BCUT2D eigenvalue weighted by Crippen LogP contribution is -2.46. The molecule has 0 aromatic carbocycles. The fraction of sp³-hybridized carbons (Fsp3) is 0.688. The van der Waals surface area contributed by atoms with E-state index in [2.05, 4.69) is 20.2 Å². The van der Waals surface area contributed by atoms with E-state index in [1.807, 2.05) is 23.6 Å². The van der Waals surface area contributed by atoms with Gasteiger partial charge in [-0.1, -0.05) is 0 Å². The molecule has 124 valence electrons. The van der Waals surface area contributed by atoms with Gasteiger partial charge in [-0.3, -0.25) is 0 Å². The van der Waals surface area contributed by atoms with Gasteiger partial charge >= 0.3 is 0 Å². The number of rotatable bonds is 3. The fourth-order valence-corrected chi connectivity index (χ4v) is 3.64. The van der Waals surface area contributed by atoms with E-state index in [0.29, 0.717) is 25.7 Å². The van der Waals surface area contributed by atoms with Gasteiger partial charge < -0.3 is 14.7 Å². The van der Waals surface area contributed by atoms with Crippen molar-refractivity contribution in [1.82, 2.24) is 24.7 Å². The van der Waals surface area contributed by atoms with Gasteiger partial charge in [0.1, 0.15) is 5.60 Å². The summed E-state index contributed by atoms with van der Waals surface area (Å²) < 4.78 is 7.22. The molecule has 0 bridgehead atoms. The maximum absolute atomic E-state index is 10.5. The number of β-amino-alcohol motifs (C(OH)–C–C–N with tert-alkyl or cyclic N) is 1. The van der Waals surface area contributed by atoms with Crippen molar-refractivity contribution in [3.8, 4) is 0 Å². The third-order valence-electron chi connectivity index (χ3n) is 4.97. The molecule has 0 amide bonds. The molecule has 2 aromatic heterocycles.